The average Bonchev–Trinajstić information content (AvgIpc) is 3.42. The third-order valence-electron chi connectivity index (χ3n) is 6.67. The maximum atomic E-state index is 13.9. The smallest absolute Gasteiger partial charge is 0.434 e. The molecule has 8 heteroatoms. The first kappa shape index (κ1) is 22.1. The van der Waals surface area contributed by atoms with Gasteiger partial charge in [0.1, 0.15) is 0 Å². The molecule has 5 rings (SSSR count). The van der Waals surface area contributed by atoms with Crippen LogP contribution >= 0.6 is 0 Å². The molecular weight excluding hydrogens is 442 g/mol. The Hall–Kier alpha value is -3.68. The molecule has 1 aliphatic heterocycles. The van der Waals surface area contributed by atoms with E-state index in [0.29, 0.717) is 12.2 Å². The zero-order valence-electron chi connectivity index (χ0n) is 18.7. The topological polar surface area (TPSA) is 71.6 Å². The van der Waals surface area contributed by atoms with Crippen LogP contribution in [0.15, 0.2) is 48.7 Å². The Labute approximate surface area is 195 Å². The van der Waals surface area contributed by atoms with Gasteiger partial charge in [-0.05, 0) is 49.6 Å². The highest BCUT2D eigenvalue weighted by molar-refractivity contribution is 5.97. The minimum Gasteiger partial charge on any atom is -0.434 e. The lowest BCUT2D eigenvalue weighted by atomic mass is 9.77. The minimum atomic E-state index is -1.10. The summed E-state index contributed by atoms with van der Waals surface area (Å²) < 4.78 is 37.9. The fraction of sp³-hybridized carbons (Fsp3) is 0.308. The summed E-state index contributed by atoms with van der Waals surface area (Å²) >= 11 is 0. The van der Waals surface area contributed by atoms with Crippen molar-refractivity contribution < 1.29 is 27.8 Å². The molecule has 1 amide bonds. The van der Waals surface area contributed by atoms with Crippen LogP contribution in [0.25, 0.3) is 16.7 Å². The number of carbonyl (C=O) groups excluding carboxylic acids is 2. The number of H-pyrrole nitrogens is 1. The molecule has 6 nitrogen and oxygen atoms in total. The first-order chi connectivity index (χ1) is 16.4. The van der Waals surface area contributed by atoms with E-state index in [0.717, 1.165) is 54.3 Å². The van der Waals surface area contributed by atoms with E-state index in [4.69, 9.17) is 9.47 Å². The second-order valence-corrected chi connectivity index (χ2v) is 8.75. The molecule has 1 spiro atoms. The number of nitrogens with zero attached hydrogens (tertiary/aromatic N) is 1. The lowest BCUT2D eigenvalue weighted by Gasteiger charge is -2.33. The average molecular weight is 466 g/mol. The van der Waals surface area contributed by atoms with Gasteiger partial charge in [0.2, 0.25) is 0 Å². The van der Waals surface area contributed by atoms with Crippen LogP contribution in [0.5, 0.6) is 0 Å². The third kappa shape index (κ3) is 3.73. The van der Waals surface area contributed by atoms with Gasteiger partial charge in [-0.1, -0.05) is 31.0 Å². The van der Waals surface area contributed by atoms with Gasteiger partial charge < -0.3 is 19.4 Å². The van der Waals surface area contributed by atoms with E-state index in [1.54, 1.807) is 6.92 Å². The van der Waals surface area contributed by atoms with Crippen LogP contribution in [0.2, 0.25) is 0 Å². The van der Waals surface area contributed by atoms with Crippen LogP contribution in [0.1, 0.15) is 54.2 Å². The quantitative estimate of drug-likeness (QED) is 0.489. The SMILES string of the molecule is CCOC(=O)OC1=CN(C(=O)c2ccc(F)c(F)c2)CC2(CCCC2)c2c1[nH]c1ccccc21. The summed E-state index contributed by atoms with van der Waals surface area (Å²) in [6.45, 7) is 2.12. The van der Waals surface area contributed by atoms with Crippen molar-refractivity contribution in [1.82, 2.24) is 9.88 Å². The van der Waals surface area contributed by atoms with Crippen molar-refractivity contribution >= 4 is 28.7 Å². The van der Waals surface area contributed by atoms with Crippen molar-refractivity contribution in [3.63, 3.8) is 0 Å². The number of hydrogen-bond acceptors (Lipinski definition) is 4. The molecule has 34 heavy (non-hydrogen) atoms. The molecule has 1 saturated carbocycles. The Morgan fingerprint density at radius 1 is 1.09 bits per heavy atom. The maximum absolute atomic E-state index is 13.9. The Morgan fingerprint density at radius 3 is 2.59 bits per heavy atom. The molecule has 1 N–H and O–H groups in total. The van der Waals surface area contributed by atoms with Crippen LogP contribution in [0.4, 0.5) is 13.6 Å². The van der Waals surface area contributed by atoms with Crippen molar-refractivity contribution in [3.05, 3.63) is 77.1 Å². The van der Waals surface area contributed by atoms with Gasteiger partial charge >= 0.3 is 6.16 Å². The number of rotatable bonds is 3. The summed E-state index contributed by atoms with van der Waals surface area (Å²) in [7, 11) is 0. The zero-order valence-corrected chi connectivity index (χ0v) is 18.7. The number of amides is 1. The summed E-state index contributed by atoms with van der Waals surface area (Å²) in [4.78, 5) is 30.6. The van der Waals surface area contributed by atoms with E-state index < -0.39 is 23.7 Å². The number of para-hydroxylation sites is 1. The van der Waals surface area contributed by atoms with Crippen molar-refractivity contribution in [3.8, 4) is 0 Å². The van der Waals surface area contributed by atoms with E-state index in [2.05, 4.69) is 4.98 Å². The molecule has 0 radical (unpaired) electrons. The second kappa shape index (κ2) is 8.59. The van der Waals surface area contributed by atoms with Crippen LogP contribution in [-0.2, 0) is 14.9 Å². The highest BCUT2D eigenvalue weighted by Gasteiger charge is 2.44. The molecular formula is C26H24F2N2O4. The molecule has 0 saturated heterocycles. The number of fused-ring (bicyclic) bond motifs is 4. The van der Waals surface area contributed by atoms with Gasteiger partial charge in [0.15, 0.2) is 17.4 Å². The van der Waals surface area contributed by atoms with E-state index in [-0.39, 0.29) is 23.3 Å². The lowest BCUT2D eigenvalue weighted by molar-refractivity contribution is 0.0780. The molecule has 176 valence electrons. The molecule has 1 fully saturated rings. The summed E-state index contributed by atoms with van der Waals surface area (Å²) in [6, 6.07) is 10.9. The number of hydrogen-bond donors (Lipinski definition) is 1. The Morgan fingerprint density at radius 2 is 1.85 bits per heavy atom. The summed E-state index contributed by atoms with van der Waals surface area (Å²) in [5, 5.41) is 1.000. The van der Waals surface area contributed by atoms with E-state index in [9.17, 15) is 18.4 Å². The van der Waals surface area contributed by atoms with Crippen LogP contribution < -0.4 is 0 Å². The van der Waals surface area contributed by atoms with Crippen molar-refractivity contribution in [2.24, 2.45) is 0 Å². The maximum Gasteiger partial charge on any atom is 0.513 e. The second-order valence-electron chi connectivity index (χ2n) is 8.75. The van der Waals surface area contributed by atoms with E-state index in [1.165, 1.54) is 17.2 Å². The third-order valence-corrected chi connectivity index (χ3v) is 6.67. The number of benzene rings is 2. The molecule has 0 unspecified atom stereocenters. The molecule has 0 bridgehead atoms. The lowest BCUT2D eigenvalue weighted by Crippen LogP contribution is -2.39. The fourth-order valence-corrected chi connectivity index (χ4v) is 5.23. The molecule has 1 aromatic heterocycles. The van der Waals surface area contributed by atoms with Crippen molar-refractivity contribution in [1.29, 1.82) is 0 Å². The van der Waals surface area contributed by atoms with Gasteiger partial charge in [0, 0.05) is 28.4 Å². The predicted molar refractivity (Wildman–Crippen MR) is 122 cm³/mol. The molecule has 2 aromatic carbocycles. The Balaban J connectivity index is 1.67. The number of carbonyl (C=O) groups is 2. The highest BCUT2D eigenvalue weighted by Crippen LogP contribution is 2.49. The first-order valence-electron chi connectivity index (χ1n) is 11.4. The summed E-state index contributed by atoms with van der Waals surface area (Å²) in [5.41, 5.74) is 2.14. The molecule has 1 aliphatic carbocycles. The van der Waals surface area contributed by atoms with E-state index >= 15 is 0 Å². The van der Waals surface area contributed by atoms with Crippen LogP contribution in [-0.4, -0.2) is 35.1 Å². The molecule has 2 heterocycles. The van der Waals surface area contributed by atoms with Crippen molar-refractivity contribution in [2.45, 2.75) is 38.0 Å². The van der Waals surface area contributed by atoms with Gasteiger partial charge in [0.05, 0.1) is 18.5 Å². The molecule has 2 aliphatic rings. The number of nitrogens with one attached hydrogen (secondary N) is 1. The monoisotopic (exact) mass is 466 g/mol. The Bertz CT molecular complexity index is 1310. The summed E-state index contributed by atoms with van der Waals surface area (Å²) in [6.07, 6.45) is 4.22. The largest absolute Gasteiger partial charge is 0.513 e. The first-order valence-corrected chi connectivity index (χ1v) is 11.4. The van der Waals surface area contributed by atoms with Crippen LogP contribution in [0.3, 0.4) is 0 Å². The number of aromatic nitrogens is 1. The normalized spacial score (nSPS) is 16.8. The number of ether oxygens (including phenoxy) is 2. The fourth-order valence-electron chi connectivity index (χ4n) is 5.23. The van der Waals surface area contributed by atoms with Crippen molar-refractivity contribution in [2.75, 3.05) is 13.2 Å². The Kier molecular flexibility index (Phi) is 5.59. The number of halogens is 2. The number of aromatic amines is 1. The molecule has 0 atom stereocenters. The van der Waals surface area contributed by atoms with Gasteiger partial charge in [-0.3, -0.25) is 4.79 Å². The van der Waals surface area contributed by atoms with Gasteiger partial charge in [-0.15, -0.1) is 0 Å². The van der Waals surface area contributed by atoms with E-state index in [1.807, 2.05) is 24.3 Å². The van der Waals surface area contributed by atoms with Gasteiger partial charge in [-0.2, -0.15) is 0 Å². The van der Waals surface area contributed by atoms with Crippen LogP contribution in [0, 0.1) is 11.6 Å². The van der Waals surface area contributed by atoms with Gasteiger partial charge in [0.25, 0.3) is 5.91 Å². The standard InChI is InChI=1S/C26H24F2N2O4/c1-2-33-25(32)34-21-14-30(24(31)16-9-10-18(27)19(28)13-16)15-26(11-5-6-12-26)22-17-7-3-4-8-20(17)29-23(21)22/h3-4,7-10,13-14,29H,2,5-6,11-12,15H2,1H3. The highest BCUT2D eigenvalue weighted by atomic mass is 19.2. The summed E-state index contributed by atoms with van der Waals surface area (Å²) in [5.74, 6) is -2.49. The predicted octanol–water partition coefficient (Wildman–Crippen LogP) is 5.89. The molecule has 3 aromatic rings. The minimum absolute atomic E-state index is 0.00852. The zero-order chi connectivity index (χ0) is 23.9. The van der Waals surface area contributed by atoms with Gasteiger partial charge in [-0.25, -0.2) is 13.6 Å².